The molecule has 24 heavy (non-hydrogen) atoms. The summed E-state index contributed by atoms with van der Waals surface area (Å²) in [6.45, 7) is 0.799. The second kappa shape index (κ2) is 9.21. The Morgan fingerprint density at radius 2 is 2.08 bits per heavy atom. The van der Waals surface area contributed by atoms with Gasteiger partial charge in [-0.05, 0) is 50.3 Å². The van der Waals surface area contributed by atoms with Gasteiger partial charge < -0.3 is 9.64 Å². The third-order valence-corrected chi connectivity index (χ3v) is 4.26. The molecule has 0 saturated heterocycles. The highest BCUT2D eigenvalue weighted by atomic mass is 19.1. The third kappa shape index (κ3) is 5.48. The Morgan fingerprint density at radius 3 is 2.75 bits per heavy atom. The summed E-state index contributed by atoms with van der Waals surface area (Å²) >= 11 is 0. The first-order valence-electron chi connectivity index (χ1n) is 8.39. The fraction of sp³-hybridized carbons (Fsp3) is 0.474. The van der Waals surface area contributed by atoms with Crippen molar-refractivity contribution >= 4 is 11.9 Å². The number of methoxy groups -OCH3 is 1. The van der Waals surface area contributed by atoms with E-state index in [2.05, 4.69) is 10.8 Å². The van der Waals surface area contributed by atoms with E-state index in [1.807, 2.05) is 0 Å². The van der Waals surface area contributed by atoms with Gasteiger partial charge in [-0.15, -0.1) is 0 Å². The Kier molecular flexibility index (Phi) is 6.97. The molecule has 0 unspecified atom stereocenters. The lowest BCUT2D eigenvalue weighted by molar-refractivity contribution is -0.140. The fourth-order valence-electron chi connectivity index (χ4n) is 2.86. The zero-order chi connectivity index (χ0) is 17.4. The van der Waals surface area contributed by atoms with E-state index >= 15 is 0 Å². The van der Waals surface area contributed by atoms with E-state index in [9.17, 15) is 14.0 Å². The van der Waals surface area contributed by atoms with Gasteiger partial charge in [0.2, 0.25) is 0 Å². The molecule has 0 atom stereocenters. The number of halogens is 1. The highest BCUT2D eigenvalue weighted by molar-refractivity contribution is 5.94. The van der Waals surface area contributed by atoms with Crippen molar-refractivity contribution in [1.29, 1.82) is 0 Å². The fourth-order valence-corrected chi connectivity index (χ4v) is 2.86. The van der Waals surface area contributed by atoms with E-state index in [0.29, 0.717) is 12.1 Å². The molecule has 1 aromatic rings. The maximum absolute atomic E-state index is 13.4. The summed E-state index contributed by atoms with van der Waals surface area (Å²) in [6, 6.07) is 5.65. The van der Waals surface area contributed by atoms with Crippen LogP contribution in [-0.4, -0.2) is 37.0 Å². The van der Waals surface area contributed by atoms with Crippen molar-refractivity contribution in [2.45, 2.75) is 38.5 Å². The molecule has 130 valence electrons. The number of amides is 1. The van der Waals surface area contributed by atoms with Crippen LogP contribution in [0.3, 0.4) is 0 Å². The molecule has 1 amide bonds. The Balaban J connectivity index is 2.04. The van der Waals surface area contributed by atoms with Gasteiger partial charge in [0.25, 0.3) is 5.91 Å². The van der Waals surface area contributed by atoms with Gasteiger partial charge in [0.1, 0.15) is 5.82 Å². The normalized spacial score (nSPS) is 14.0. The first kappa shape index (κ1) is 18.2. The topological polar surface area (TPSA) is 46.6 Å². The maximum Gasteiger partial charge on any atom is 0.307 e. The van der Waals surface area contributed by atoms with Gasteiger partial charge in [-0.1, -0.05) is 17.7 Å². The van der Waals surface area contributed by atoms with Gasteiger partial charge in [-0.2, -0.15) is 0 Å². The summed E-state index contributed by atoms with van der Waals surface area (Å²) in [5.41, 5.74) is 1.66. The monoisotopic (exact) mass is 333 g/mol. The quantitative estimate of drug-likeness (QED) is 0.564. The van der Waals surface area contributed by atoms with Gasteiger partial charge >= 0.3 is 5.97 Å². The van der Waals surface area contributed by atoms with Crippen molar-refractivity contribution in [2.75, 3.05) is 20.2 Å². The van der Waals surface area contributed by atoms with E-state index in [-0.39, 0.29) is 24.8 Å². The molecule has 2 rings (SSSR count). The number of esters is 1. The predicted molar refractivity (Wildman–Crippen MR) is 90.1 cm³/mol. The van der Waals surface area contributed by atoms with Gasteiger partial charge in [-0.25, -0.2) is 4.39 Å². The smallest absolute Gasteiger partial charge is 0.307 e. The molecule has 0 N–H and O–H groups in total. The molecule has 0 radical (unpaired) electrons. The van der Waals surface area contributed by atoms with Crippen LogP contribution in [0.2, 0.25) is 0 Å². The first-order valence-corrected chi connectivity index (χ1v) is 8.39. The molecule has 0 aromatic heterocycles. The number of benzene rings is 1. The molecule has 1 aliphatic rings. The highest BCUT2D eigenvalue weighted by Crippen LogP contribution is 2.21. The Bertz CT molecular complexity index is 612. The number of hydrogen-bond donors (Lipinski definition) is 0. The third-order valence-electron chi connectivity index (χ3n) is 4.26. The molecule has 4 nitrogen and oxygen atoms in total. The van der Waals surface area contributed by atoms with E-state index in [0.717, 1.165) is 19.3 Å². The van der Waals surface area contributed by atoms with Crippen LogP contribution in [0.4, 0.5) is 4.39 Å². The average molecular weight is 333 g/mol. The Morgan fingerprint density at radius 1 is 1.25 bits per heavy atom. The largest absolute Gasteiger partial charge is 0.469 e. The Labute approximate surface area is 142 Å². The number of carbonyl (C=O) groups is 2. The maximum atomic E-state index is 13.4. The molecule has 0 heterocycles. The van der Waals surface area contributed by atoms with E-state index < -0.39 is 5.82 Å². The summed E-state index contributed by atoms with van der Waals surface area (Å²) in [5.74, 6) is -1.05. The van der Waals surface area contributed by atoms with Crippen molar-refractivity contribution in [3.8, 4) is 0 Å². The van der Waals surface area contributed by atoms with E-state index in [4.69, 9.17) is 0 Å². The number of hydrogen-bond acceptors (Lipinski definition) is 3. The molecule has 5 heteroatoms. The van der Waals surface area contributed by atoms with Crippen LogP contribution in [-0.2, 0) is 9.53 Å². The van der Waals surface area contributed by atoms with Crippen LogP contribution in [0, 0.1) is 5.82 Å². The summed E-state index contributed by atoms with van der Waals surface area (Å²) in [6.07, 6.45) is 7.74. The molecule has 0 bridgehead atoms. The van der Waals surface area contributed by atoms with Crippen molar-refractivity contribution in [3.63, 3.8) is 0 Å². The second-order valence-electron chi connectivity index (χ2n) is 5.99. The van der Waals surface area contributed by atoms with Gasteiger partial charge in [-0.3, -0.25) is 9.59 Å². The molecule has 0 fully saturated rings. The van der Waals surface area contributed by atoms with Crippen molar-refractivity contribution in [3.05, 3.63) is 47.3 Å². The number of carbonyl (C=O) groups excluding carboxylic acids is 2. The summed E-state index contributed by atoms with van der Waals surface area (Å²) in [5, 5.41) is 0. The minimum atomic E-state index is -0.441. The summed E-state index contributed by atoms with van der Waals surface area (Å²) < 4.78 is 18.0. The van der Waals surface area contributed by atoms with Crippen LogP contribution in [0.25, 0.3) is 0 Å². The molecule has 1 aromatic carbocycles. The minimum Gasteiger partial charge on any atom is -0.469 e. The van der Waals surface area contributed by atoms with E-state index in [1.54, 1.807) is 11.0 Å². The minimum absolute atomic E-state index is 0.136. The van der Waals surface area contributed by atoms with Crippen LogP contribution < -0.4 is 0 Å². The Hall–Kier alpha value is -2.17. The van der Waals surface area contributed by atoms with Crippen molar-refractivity contribution in [1.82, 2.24) is 4.90 Å². The number of nitrogens with zero attached hydrogens (tertiary/aromatic N) is 1. The number of allylic oxidation sites excluding steroid dienone is 1. The van der Waals surface area contributed by atoms with Crippen molar-refractivity contribution in [2.24, 2.45) is 0 Å². The lowest BCUT2D eigenvalue weighted by Crippen LogP contribution is -2.34. The number of ether oxygens (including phenoxy) is 1. The SMILES string of the molecule is COC(=O)CCN(CCC1=CCCCC1)C(=O)c1cccc(F)c1. The molecule has 0 spiro atoms. The molecule has 0 aliphatic heterocycles. The number of rotatable bonds is 7. The zero-order valence-electron chi connectivity index (χ0n) is 14.1. The van der Waals surface area contributed by atoms with Gasteiger partial charge in [0.15, 0.2) is 0 Å². The van der Waals surface area contributed by atoms with Crippen molar-refractivity contribution < 1.29 is 18.7 Å². The van der Waals surface area contributed by atoms with Crippen LogP contribution in [0.5, 0.6) is 0 Å². The standard InChI is InChI=1S/C19H24FNO3/c1-24-18(22)11-13-21(12-10-15-6-3-2-4-7-15)19(23)16-8-5-9-17(20)14-16/h5-6,8-9,14H,2-4,7,10-13H2,1H3. The van der Waals surface area contributed by atoms with Crippen LogP contribution in [0.1, 0.15) is 48.9 Å². The lowest BCUT2D eigenvalue weighted by atomic mass is 9.97. The molecular weight excluding hydrogens is 309 g/mol. The highest BCUT2D eigenvalue weighted by Gasteiger charge is 2.18. The summed E-state index contributed by atoms with van der Waals surface area (Å²) in [4.78, 5) is 25.7. The lowest BCUT2D eigenvalue weighted by Gasteiger charge is -2.24. The summed E-state index contributed by atoms with van der Waals surface area (Å²) in [7, 11) is 1.33. The molecular formula is C19H24FNO3. The predicted octanol–water partition coefficient (Wildman–Crippen LogP) is 3.72. The molecule has 1 aliphatic carbocycles. The van der Waals surface area contributed by atoms with E-state index in [1.165, 1.54) is 43.7 Å². The van der Waals surface area contributed by atoms with Gasteiger partial charge in [0, 0.05) is 18.7 Å². The zero-order valence-corrected chi connectivity index (χ0v) is 14.1. The average Bonchev–Trinajstić information content (AvgIpc) is 2.61. The van der Waals surface area contributed by atoms with Crippen LogP contribution >= 0.6 is 0 Å². The second-order valence-corrected chi connectivity index (χ2v) is 5.99. The first-order chi connectivity index (χ1) is 11.6. The van der Waals surface area contributed by atoms with Crippen LogP contribution in [0.15, 0.2) is 35.9 Å². The molecule has 0 saturated carbocycles. The van der Waals surface area contributed by atoms with Gasteiger partial charge in [0.05, 0.1) is 13.5 Å².